The van der Waals surface area contributed by atoms with Gasteiger partial charge in [0, 0.05) is 18.1 Å². The molecule has 0 amide bonds. The van der Waals surface area contributed by atoms with Gasteiger partial charge in [0.1, 0.15) is 0 Å². The number of carbonyl (C=O) groups excluding carboxylic acids is 1. The van der Waals surface area contributed by atoms with Gasteiger partial charge in [-0.25, -0.2) is 4.79 Å². The van der Waals surface area contributed by atoms with Gasteiger partial charge < -0.3 is 15.6 Å². The fourth-order valence-corrected chi connectivity index (χ4v) is 1.12. The Morgan fingerprint density at radius 3 is 2.12 bits per heavy atom. The number of hydrogen-bond donors (Lipinski definition) is 2. The van der Waals surface area contributed by atoms with Crippen LogP contribution in [0.15, 0.2) is 0 Å². The van der Waals surface area contributed by atoms with Gasteiger partial charge in [-0.15, -0.1) is 0 Å². The minimum atomic E-state index is -5.08. The predicted octanol–water partition coefficient (Wildman–Crippen LogP) is 0.875. The second kappa shape index (κ2) is 10.2. The minimum absolute atomic E-state index is 0.149. The van der Waals surface area contributed by atoms with E-state index in [1.54, 1.807) is 11.8 Å². The van der Waals surface area contributed by atoms with Crippen molar-refractivity contribution >= 4 is 23.7 Å². The van der Waals surface area contributed by atoms with Crippen LogP contribution in [0.25, 0.3) is 0 Å². The van der Waals surface area contributed by atoms with Crippen LogP contribution in [0.5, 0.6) is 0 Å². The molecule has 0 saturated heterocycles. The van der Waals surface area contributed by atoms with Gasteiger partial charge in [-0.3, -0.25) is 4.79 Å². The lowest BCUT2D eigenvalue weighted by molar-refractivity contribution is -0.192. The number of ether oxygens (including phenoxy) is 1. The smallest absolute Gasteiger partial charge is 0.475 e. The highest BCUT2D eigenvalue weighted by Gasteiger charge is 2.38. The van der Waals surface area contributed by atoms with Crippen molar-refractivity contribution in [1.82, 2.24) is 0 Å². The summed E-state index contributed by atoms with van der Waals surface area (Å²) in [6, 6.07) is 0. The van der Waals surface area contributed by atoms with Gasteiger partial charge in [-0.1, -0.05) is 0 Å². The van der Waals surface area contributed by atoms with Crippen molar-refractivity contribution in [2.75, 3.05) is 25.2 Å². The van der Waals surface area contributed by atoms with Crippen LogP contribution in [-0.4, -0.2) is 48.4 Å². The first-order valence-electron chi connectivity index (χ1n) is 4.40. The van der Waals surface area contributed by atoms with Crippen molar-refractivity contribution < 1.29 is 32.6 Å². The number of methoxy groups -OCH3 is 1. The monoisotopic (exact) mass is 277 g/mol. The molecular weight excluding hydrogens is 263 g/mol. The van der Waals surface area contributed by atoms with Crippen LogP contribution in [0, 0.1) is 0 Å². The molecule has 5 nitrogen and oxygen atoms in total. The number of carbonyl (C=O) groups is 2. The topological polar surface area (TPSA) is 89.6 Å². The highest BCUT2D eigenvalue weighted by molar-refractivity contribution is 7.99. The summed E-state index contributed by atoms with van der Waals surface area (Å²) in [6.07, 6.45) is -4.60. The second-order valence-corrected chi connectivity index (χ2v) is 3.75. The third-order valence-electron chi connectivity index (χ3n) is 1.18. The largest absolute Gasteiger partial charge is 0.490 e. The van der Waals surface area contributed by atoms with Crippen molar-refractivity contribution in [3.05, 3.63) is 0 Å². The molecule has 3 N–H and O–H groups in total. The van der Waals surface area contributed by atoms with Crippen LogP contribution in [0.1, 0.15) is 6.42 Å². The van der Waals surface area contributed by atoms with Gasteiger partial charge in [0.25, 0.3) is 0 Å². The molecule has 0 heterocycles. The molecule has 17 heavy (non-hydrogen) atoms. The van der Waals surface area contributed by atoms with Crippen molar-refractivity contribution in [3.8, 4) is 0 Å². The molecule has 0 unspecified atom stereocenters. The van der Waals surface area contributed by atoms with Gasteiger partial charge in [0.05, 0.1) is 13.5 Å². The summed E-state index contributed by atoms with van der Waals surface area (Å²) in [6.45, 7) is 0.672. The summed E-state index contributed by atoms with van der Waals surface area (Å²) in [7, 11) is 1.40. The predicted molar refractivity (Wildman–Crippen MR) is 56.7 cm³/mol. The summed E-state index contributed by atoms with van der Waals surface area (Å²) in [5, 5.41) is 7.12. The lowest BCUT2D eigenvalue weighted by atomic mass is 10.5. The molecule has 0 saturated carbocycles. The van der Waals surface area contributed by atoms with E-state index in [1.807, 2.05) is 0 Å². The van der Waals surface area contributed by atoms with Crippen LogP contribution in [0.2, 0.25) is 0 Å². The highest BCUT2D eigenvalue weighted by Crippen LogP contribution is 2.13. The first-order chi connectivity index (χ1) is 7.75. The number of aliphatic carboxylic acids is 1. The third kappa shape index (κ3) is 15.0. The zero-order valence-corrected chi connectivity index (χ0v) is 9.94. The number of thioether (sulfide) groups is 1. The van der Waals surface area contributed by atoms with E-state index in [2.05, 4.69) is 4.74 Å². The molecule has 0 atom stereocenters. The maximum Gasteiger partial charge on any atom is 0.490 e. The lowest BCUT2D eigenvalue weighted by Gasteiger charge is -1.97. The highest BCUT2D eigenvalue weighted by atomic mass is 32.2. The van der Waals surface area contributed by atoms with E-state index in [0.717, 1.165) is 11.5 Å². The SMILES string of the molecule is COC(=O)CCSCCN.O=C(O)C(F)(F)F. The minimum Gasteiger partial charge on any atom is -0.475 e. The molecule has 9 heteroatoms. The van der Waals surface area contributed by atoms with E-state index < -0.39 is 12.1 Å². The fourth-order valence-electron chi connectivity index (χ4n) is 0.443. The van der Waals surface area contributed by atoms with Gasteiger partial charge in [-0.05, 0) is 0 Å². The van der Waals surface area contributed by atoms with Crippen molar-refractivity contribution in [2.45, 2.75) is 12.6 Å². The number of nitrogens with two attached hydrogens (primary N) is 1. The summed E-state index contributed by atoms with van der Waals surface area (Å²) in [5.41, 5.74) is 5.24. The van der Waals surface area contributed by atoms with Gasteiger partial charge >= 0.3 is 18.1 Å². The number of hydrogen-bond acceptors (Lipinski definition) is 5. The van der Waals surface area contributed by atoms with E-state index >= 15 is 0 Å². The van der Waals surface area contributed by atoms with Gasteiger partial charge in [-0.2, -0.15) is 24.9 Å². The van der Waals surface area contributed by atoms with E-state index in [9.17, 15) is 18.0 Å². The van der Waals surface area contributed by atoms with E-state index in [4.69, 9.17) is 15.6 Å². The standard InChI is InChI=1S/C6H13NO2S.C2HF3O2/c1-9-6(8)2-4-10-5-3-7;3-2(4,5)1(6)7/h2-5,7H2,1H3;(H,6,7). The zero-order valence-electron chi connectivity index (χ0n) is 9.12. The quantitative estimate of drug-likeness (QED) is 0.572. The average Bonchev–Trinajstić information content (AvgIpc) is 2.23. The Labute approximate surface area is 100 Å². The number of alkyl halides is 3. The summed E-state index contributed by atoms with van der Waals surface area (Å²) < 4.78 is 36.2. The number of rotatable bonds is 5. The molecular formula is C8H14F3NO4S. The molecule has 0 radical (unpaired) electrons. The number of esters is 1. The van der Waals surface area contributed by atoms with Crippen LogP contribution in [-0.2, 0) is 14.3 Å². The van der Waals surface area contributed by atoms with E-state index in [0.29, 0.717) is 13.0 Å². The molecule has 0 rings (SSSR count). The Hall–Kier alpha value is -0.960. The summed E-state index contributed by atoms with van der Waals surface area (Å²) in [5.74, 6) is -1.18. The maximum atomic E-state index is 10.6. The second-order valence-electron chi connectivity index (χ2n) is 2.53. The molecule has 0 aliphatic rings. The zero-order chi connectivity index (χ0) is 13.9. The molecule has 0 aliphatic heterocycles. The molecule has 0 aliphatic carbocycles. The Morgan fingerprint density at radius 2 is 1.82 bits per heavy atom. The normalized spacial score (nSPS) is 10.2. The summed E-state index contributed by atoms with van der Waals surface area (Å²) in [4.78, 5) is 19.4. The fraction of sp³-hybridized carbons (Fsp3) is 0.750. The molecule has 0 aromatic carbocycles. The first-order valence-corrected chi connectivity index (χ1v) is 5.56. The lowest BCUT2D eigenvalue weighted by Crippen LogP contribution is -2.21. The molecule has 0 aromatic rings. The van der Waals surface area contributed by atoms with Gasteiger partial charge in [0.2, 0.25) is 0 Å². The molecule has 102 valence electrons. The molecule has 0 spiro atoms. The number of halogens is 3. The maximum absolute atomic E-state index is 10.6. The Morgan fingerprint density at radius 1 is 1.35 bits per heavy atom. The van der Waals surface area contributed by atoms with Crippen LogP contribution in [0.3, 0.4) is 0 Å². The number of carboxylic acids is 1. The van der Waals surface area contributed by atoms with E-state index in [1.165, 1.54) is 7.11 Å². The van der Waals surface area contributed by atoms with Crippen molar-refractivity contribution in [3.63, 3.8) is 0 Å². The number of carboxylic acid groups (broad SMARTS) is 1. The van der Waals surface area contributed by atoms with Gasteiger partial charge in [0.15, 0.2) is 0 Å². The average molecular weight is 277 g/mol. The van der Waals surface area contributed by atoms with E-state index in [-0.39, 0.29) is 5.97 Å². The van der Waals surface area contributed by atoms with Crippen molar-refractivity contribution in [2.24, 2.45) is 5.73 Å². The first kappa shape index (κ1) is 18.4. The molecule has 0 fully saturated rings. The Balaban J connectivity index is 0. The van der Waals surface area contributed by atoms with Crippen LogP contribution in [0.4, 0.5) is 13.2 Å². The van der Waals surface area contributed by atoms with Crippen LogP contribution < -0.4 is 5.73 Å². The molecule has 0 bridgehead atoms. The van der Waals surface area contributed by atoms with Crippen molar-refractivity contribution in [1.29, 1.82) is 0 Å². The Kier molecular flexibility index (Phi) is 11.1. The Bertz CT molecular complexity index is 235. The molecule has 0 aromatic heterocycles. The van der Waals surface area contributed by atoms with Crippen LogP contribution >= 0.6 is 11.8 Å². The summed E-state index contributed by atoms with van der Waals surface area (Å²) >= 11 is 1.67. The third-order valence-corrected chi connectivity index (χ3v) is 2.20.